The first-order valence-electron chi connectivity index (χ1n) is 16.8. The molecular formula is C38H55N3O7S. The highest BCUT2D eigenvalue weighted by Crippen LogP contribution is 2.23. The van der Waals surface area contributed by atoms with Crippen molar-refractivity contribution < 1.29 is 33.4 Å². The third-order valence-corrected chi connectivity index (χ3v) is 7.71. The molecule has 10 nitrogen and oxygen atoms in total. The zero-order valence-corrected chi connectivity index (χ0v) is 31.0. The topological polar surface area (TPSA) is 140 Å². The van der Waals surface area contributed by atoms with Crippen molar-refractivity contribution in [2.75, 3.05) is 18.8 Å². The first-order chi connectivity index (χ1) is 23.2. The summed E-state index contributed by atoms with van der Waals surface area (Å²) in [5.74, 6) is 5.35. The third kappa shape index (κ3) is 18.9. The van der Waals surface area contributed by atoms with Gasteiger partial charge in [-0.3, -0.25) is 14.4 Å². The summed E-state index contributed by atoms with van der Waals surface area (Å²) in [5, 5.41) is 8.26. The second kappa shape index (κ2) is 23.3. The van der Waals surface area contributed by atoms with Gasteiger partial charge in [0.05, 0.1) is 6.04 Å². The summed E-state index contributed by atoms with van der Waals surface area (Å²) in [6.45, 7) is 13.8. The maximum Gasteiger partial charge on any atom is 0.407 e. The summed E-state index contributed by atoms with van der Waals surface area (Å²) in [5.41, 5.74) is 1.07. The molecule has 0 aromatic heterocycles. The molecule has 0 spiro atoms. The van der Waals surface area contributed by atoms with E-state index in [1.54, 1.807) is 38.2 Å². The van der Waals surface area contributed by atoms with Crippen LogP contribution in [0.15, 0.2) is 59.8 Å². The van der Waals surface area contributed by atoms with Crippen molar-refractivity contribution >= 4 is 42.3 Å². The number of Topliss-reactive ketones (excluding diaryl/α,β-unsaturated/α-hetero) is 1. The number of allylic oxidation sites excluding steroid dienone is 5. The highest BCUT2D eigenvalue weighted by molar-refractivity contribution is 7.80. The van der Waals surface area contributed by atoms with Crippen LogP contribution in [0.4, 0.5) is 4.79 Å². The lowest BCUT2D eigenvalue weighted by molar-refractivity contribution is -0.147. The zero-order chi connectivity index (χ0) is 36.8. The predicted molar refractivity (Wildman–Crippen MR) is 197 cm³/mol. The van der Waals surface area contributed by atoms with Crippen molar-refractivity contribution in [3.05, 3.63) is 59.8 Å². The Morgan fingerprint density at radius 2 is 1.82 bits per heavy atom. The van der Waals surface area contributed by atoms with E-state index in [0.717, 1.165) is 5.57 Å². The molecule has 0 bridgehead atoms. The van der Waals surface area contributed by atoms with E-state index in [-0.39, 0.29) is 42.0 Å². The molecule has 1 aliphatic rings. The Morgan fingerprint density at radius 1 is 1.12 bits per heavy atom. The van der Waals surface area contributed by atoms with Crippen LogP contribution >= 0.6 is 12.6 Å². The van der Waals surface area contributed by atoms with Gasteiger partial charge in [-0.1, -0.05) is 81.7 Å². The van der Waals surface area contributed by atoms with Crippen molar-refractivity contribution in [3.8, 4) is 11.8 Å². The molecule has 3 amide bonds. The van der Waals surface area contributed by atoms with Crippen molar-refractivity contribution in [1.82, 2.24) is 16.0 Å². The molecule has 0 aromatic carbocycles. The van der Waals surface area contributed by atoms with E-state index >= 15 is 0 Å². The SMILES string of the molecule is CC#CC[C@@H](C/C=C\CC(=O)[C@@H](NC(=O)\C=C/C=C\C(C)=C\[C@H](C)[C@@H]1CC=C(C)C(=O)O1)C(C)(C)C)OC(=O)NCCCNC(=O)CCS. The lowest BCUT2D eigenvalue weighted by Gasteiger charge is -2.29. The molecule has 1 rings (SSSR count). The monoisotopic (exact) mass is 697 g/mol. The highest BCUT2D eigenvalue weighted by Gasteiger charge is 2.31. The Hall–Kier alpha value is -4.04. The molecule has 270 valence electrons. The van der Waals surface area contributed by atoms with Crippen molar-refractivity contribution in [2.45, 2.75) is 105 Å². The van der Waals surface area contributed by atoms with Gasteiger partial charge in [-0.05, 0) is 38.4 Å². The average molecular weight is 698 g/mol. The molecular weight excluding hydrogens is 642 g/mol. The fraction of sp³-hybridized carbons (Fsp3) is 0.553. The van der Waals surface area contributed by atoms with Gasteiger partial charge in [0.2, 0.25) is 11.8 Å². The summed E-state index contributed by atoms with van der Waals surface area (Å²) < 4.78 is 11.0. The van der Waals surface area contributed by atoms with Gasteiger partial charge in [0.1, 0.15) is 12.2 Å². The first-order valence-corrected chi connectivity index (χ1v) is 17.4. The second-order valence-electron chi connectivity index (χ2n) is 13.0. The normalized spacial score (nSPS) is 17.1. The van der Waals surface area contributed by atoms with E-state index in [1.165, 1.54) is 6.08 Å². The minimum absolute atomic E-state index is 0.0338. The largest absolute Gasteiger partial charge is 0.458 e. The number of ketones is 1. The summed E-state index contributed by atoms with van der Waals surface area (Å²) >= 11 is 4.02. The summed E-state index contributed by atoms with van der Waals surface area (Å²) in [7, 11) is 0. The summed E-state index contributed by atoms with van der Waals surface area (Å²) in [4.78, 5) is 61.5. The molecule has 1 heterocycles. The van der Waals surface area contributed by atoms with E-state index in [0.29, 0.717) is 56.5 Å². The molecule has 0 fully saturated rings. The summed E-state index contributed by atoms with van der Waals surface area (Å²) in [6.07, 6.45) is 15.1. The minimum atomic E-state index is -0.719. The number of ether oxygens (including phenoxy) is 2. The van der Waals surface area contributed by atoms with Crippen LogP contribution in [0.2, 0.25) is 0 Å². The number of esters is 1. The quantitative estimate of drug-likeness (QED) is 0.0258. The minimum Gasteiger partial charge on any atom is -0.458 e. The molecule has 11 heteroatoms. The number of hydrogen-bond donors (Lipinski definition) is 4. The van der Waals surface area contributed by atoms with Crippen LogP contribution < -0.4 is 16.0 Å². The Bertz CT molecular complexity index is 1340. The number of hydrogen-bond acceptors (Lipinski definition) is 8. The maximum absolute atomic E-state index is 13.2. The third-order valence-electron chi connectivity index (χ3n) is 7.49. The number of nitrogens with one attached hydrogen (secondary N) is 3. The lowest BCUT2D eigenvalue weighted by atomic mass is 9.83. The molecule has 0 saturated heterocycles. The van der Waals surface area contributed by atoms with Gasteiger partial charge in [0.15, 0.2) is 5.78 Å². The smallest absolute Gasteiger partial charge is 0.407 e. The van der Waals surface area contributed by atoms with Crippen molar-refractivity contribution in [2.24, 2.45) is 11.3 Å². The Labute approximate surface area is 298 Å². The lowest BCUT2D eigenvalue weighted by Crippen LogP contribution is -2.48. The fourth-order valence-electron chi connectivity index (χ4n) is 4.72. The molecule has 49 heavy (non-hydrogen) atoms. The fourth-order valence-corrected chi connectivity index (χ4v) is 4.92. The van der Waals surface area contributed by atoms with Crippen LogP contribution in [0, 0.1) is 23.2 Å². The molecule has 1 aliphatic heterocycles. The molecule has 0 radical (unpaired) electrons. The van der Waals surface area contributed by atoms with Crippen molar-refractivity contribution in [1.29, 1.82) is 0 Å². The van der Waals surface area contributed by atoms with Gasteiger partial charge in [-0.2, -0.15) is 12.6 Å². The number of carbonyl (C=O) groups excluding carboxylic acids is 5. The van der Waals surface area contributed by atoms with Crippen molar-refractivity contribution in [3.63, 3.8) is 0 Å². The zero-order valence-electron chi connectivity index (χ0n) is 30.1. The standard InChI is InChI=1S/C38H55N3O7S/c1-8-9-16-30(47-37(46)40-24-14-23-39-33(43)22-25-49)17-11-12-18-31(42)35(38(5,6)7)41-34(44)19-13-10-15-27(2)26-29(4)32-21-20-28(3)36(45)48-32/h10-13,15,19-20,26,29-30,32,35,49H,14,16-18,21-25H2,1-7H3,(H,39,43)(H,40,46)(H,41,44)/b12-11-,15-10-,19-13-,27-26+/t29-,30-,32-,35+/m0/s1. The van der Waals surface area contributed by atoms with Gasteiger partial charge in [0, 0.05) is 62.8 Å². The molecule has 3 N–H and O–H groups in total. The molecule has 4 atom stereocenters. The maximum atomic E-state index is 13.2. The number of thiol groups is 1. The van der Waals surface area contributed by atoms with Crippen LogP contribution in [-0.4, -0.2) is 66.8 Å². The Balaban J connectivity index is 2.63. The highest BCUT2D eigenvalue weighted by atomic mass is 32.1. The van der Waals surface area contributed by atoms with Gasteiger partial charge >= 0.3 is 12.1 Å². The van der Waals surface area contributed by atoms with Crippen LogP contribution in [0.3, 0.4) is 0 Å². The van der Waals surface area contributed by atoms with E-state index in [1.807, 2.05) is 52.8 Å². The van der Waals surface area contributed by atoms with Gasteiger partial charge in [-0.15, -0.1) is 5.92 Å². The number of alkyl carbamates (subject to hydrolysis) is 1. The first kappa shape index (κ1) is 43.0. The number of amides is 3. The number of rotatable bonds is 19. The van der Waals surface area contributed by atoms with Gasteiger partial charge in [0.25, 0.3) is 0 Å². The van der Waals surface area contributed by atoms with Crippen LogP contribution in [0.5, 0.6) is 0 Å². The van der Waals surface area contributed by atoms with Crippen LogP contribution in [0.25, 0.3) is 0 Å². The van der Waals surface area contributed by atoms with E-state index in [9.17, 15) is 24.0 Å². The predicted octanol–water partition coefficient (Wildman–Crippen LogP) is 5.71. The van der Waals surface area contributed by atoms with Gasteiger partial charge < -0.3 is 25.4 Å². The van der Waals surface area contributed by atoms with E-state index < -0.39 is 23.7 Å². The Kier molecular flexibility index (Phi) is 20.5. The van der Waals surface area contributed by atoms with Crippen LogP contribution in [-0.2, 0) is 28.7 Å². The van der Waals surface area contributed by atoms with E-state index in [4.69, 9.17) is 9.47 Å². The molecule has 0 aromatic rings. The van der Waals surface area contributed by atoms with Crippen LogP contribution in [0.1, 0.15) is 87.0 Å². The molecule has 0 unspecified atom stereocenters. The number of carbonyl (C=O) groups is 5. The average Bonchev–Trinajstić information content (AvgIpc) is 3.03. The second-order valence-corrected chi connectivity index (χ2v) is 13.4. The van der Waals surface area contributed by atoms with Gasteiger partial charge in [-0.25, -0.2) is 9.59 Å². The van der Waals surface area contributed by atoms with E-state index in [2.05, 4.69) is 40.4 Å². The number of cyclic esters (lactones) is 1. The Morgan fingerprint density at radius 3 is 2.47 bits per heavy atom. The summed E-state index contributed by atoms with van der Waals surface area (Å²) in [6, 6.07) is -0.719. The molecule has 0 aliphatic carbocycles. The molecule has 0 saturated carbocycles.